The Morgan fingerprint density at radius 3 is 2.60 bits per heavy atom. The average Bonchev–Trinajstić information content (AvgIpc) is 3.37. The van der Waals surface area contributed by atoms with Gasteiger partial charge >= 0.3 is 5.97 Å². The molecule has 9 heteroatoms. The van der Waals surface area contributed by atoms with Gasteiger partial charge in [-0.1, -0.05) is 18.2 Å². The van der Waals surface area contributed by atoms with Crippen LogP contribution in [0.2, 0.25) is 0 Å². The molecule has 0 bridgehead atoms. The molecule has 2 aromatic carbocycles. The minimum Gasteiger partial charge on any atom is -0.470 e. The fourth-order valence-electron chi connectivity index (χ4n) is 2.74. The number of nitrogens with one attached hydrogen (secondary N) is 1. The highest BCUT2D eigenvalue weighted by Crippen LogP contribution is 2.26. The van der Waals surface area contributed by atoms with E-state index in [1.807, 2.05) is 6.07 Å². The van der Waals surface area contributed by atoms with Gasteiger partial charge < -0.3 is 19.2 Å². The molecule has 152 valence electrons. The van der Waals surface area contributed by atoms with Crippen LogP contribution >= 0.6 is 0 Å². The van der Waals surface area contributed by atoms with Gasteiger partial charge in [-0.3, -0.25) is 4.79 Å². The molecule has 4 rings (SSSR count). The SMILES string of the molecule is C[C@H](OC(=O)C1=C(Nc2ccccc2)OCC1=O)c1nnc(-c2ccc(F)cc2)o1. The van der Waals surface area contributed by atoms with Gasteiger partial charge in [-0.2, -0.15) is 0 Å². The topological polar surface area (TPSA) is 104 Å². The molecule has 0 amide bonds. The quantitative estimate of drug-likeness (QED) is 0.488. The maximum atomic E-state index is 13.1. The second-order valence-corrected chi connectivity index (χ2v) is 6.41. The van der Waals surface area contributed by atoms with Gasteiger partial charge in [0.15, 0.2) is 18.3 Å². The standard InChI is InChI=1S/C21H16FN3O5/c1-12(18-24-25-19(30-18)13-7-9-14(22)10-8-13)29-21(27)17-16(26)11-28-20(17)23-15-5-3-2-4-6-15/h2-10,12,23H,11H2,1H3/t12-/m0/s1. The Bertz CT molecular complexity index is 1110. The number of esters is 1. The highest BCUT2D eigenvalue weighted by Gasteiger charge is 2.34. The molecule has 0 fully saturated rings. The largest absolute Gasteiger partial charge is 0.470 e. The molecule has 1 N–H and O–H groups in total. The molecule has 0 spiro atoms. The predicted octanol–water partition coefficient (Wildman–Crippen LogP) is 3.40. The molecule has 1 aliphatic heterocycles. The van der Waals surface area contributed by atoms with Crippen LogP contribution in [0.25, 0.3) is 11.5 Å². The molecule has 0 saturated carbocycles. The van der Waals surface area contributed by atoms with Gasteiger partial charge in [0.25, 0.3) is 5.89 Å². The maximum absolute atomic E-state index is 13.1. The molecule has 0 radical (unpaired) electrons. The second kappa shape index (κ2) is 8.16. The lowest BCUT2D eigenvalue weighted by Crippen LogP contribution is -2.18. The van der Waals surface area contributed by atoms with Crippen molar-refractivity contribution in [1.82, 2.24) is 10.2 Å². The molecular formula is C21H16FN3O5. The number of ether oxygens (including phenoxy) is 2. The van der Waals surface area contributed by atoms with E-state index in [2.05, 4.69) is 15.5 Å². The van der Waals surface area contributed by atoms with Gasteiger partial charge in [0.05, 0.1) is 0 Å². The number of carbonyl (C=O) groups is 2. The number of nitrogens with zero attached hydrogens (tertiary/aromatic N) is 2. The first-order chi connectivity index (χ1) is 14.5. The molecule has 1 aromatic heterocycles. The van der Waals surface area contributed by atoms with Crippen LogP contribution in [0.15, 0.2) is 70.5 Å². The Morgan fingerprint density at radius 2 is 1.87 bits per heavy atom. The summed E-state index contributed by atoms with van der Waals surface area (Å²) in [4.78, 5) is 24.7. The van der Waals surface area contributed by atoms with E-state index in [1.54, 1.807) is 24.3 Å². The molecule has 0 unspecified atom stereocenters. The Morgan fingerprint density at radius 1 is 1.13 bits per heavy atom. The number of carbonyl (C=O) groups excluding carboxylic acids is 2. The van der Waals surface area contributed by atoms with Crippen molar-refractivity contribution in [3.05, 3.63) is 77.8 Å². The number of para-hydroxylation sites is 1. The summed E-state index contributed by atoms with van der Waals surface area (Å²) in [6.07, 6.45) is -0.918. The third kappa shape index (κ3) is 4.04. The summed E-state index contributed by atoms with van der Waals surface area (Å²) in [5.74, 6) is -1.54. The fraction of sp³-hybridized carbons (Fsp3) is 0.143. The number of halogens is 1. The van der Waals surface area contributed by atoms with Gasteiger partial charge in [-0.05, 0) is 43.3 Å². The summed E-state index contributed by atoms with van der Waals surface area (Å²) >= 11 is 0. The first kappa shape index (κ1) is 19.3. The monoisotopic (exact) mass is 409 g/mol. The predicted molar refractivity (Wildman–Crippen MR) is 102 cm³/mol. The van der Waals surface area contributed by atoms with Crippen molar-refractivity contribution < 1.29 is 27.9 Å². The zero-order valence-electron chi connectivity index (χ0n) is 15.8. The summed E-state index contributed by atoms with van der Waals surface area (Å²) < 4.78 is 29.2. The zero-order valence-corrected chi connectivity index (χ0v) is 15.8. The van der Waals surface area contributed by atoms with Crippen LogP contribution in [0.1, 0.15) is 18.9 Å². The lowest BCUT2D eigenvalue weighted by molar-refractivity contribution is -0.145. The Labute approximate surface area is 170 Å². The highest BCUT2D eigenvalue weighted by molar-refractivity contribution is 6.19. The van der Waals surface area contributed by atoms with E-state index in [-0.39, 0.29) is 29.8 Å². The minimum atomic E-state index is -0.918. The first-order valence-corrected chi connectivity index (χ1v) is 9.04. The molecule has 30 heavy (non-hydrogen) atoms. The van der Waals surface area contributed by atoms with Crippen molar-refractivity contribution in [2.75, 3.05) is 11.9 Å². The van der Waals surface area contributed by atoms with E-state index < -0.39 is 23.7 Å². The normalized spacial score (nSPS) is 14.4. The van der Waals surface area contributed by atoms with E-state index in [4.69, 9.17) is 13.9 Å². The summed E-state index contributed by atoms with van der Waals surface area (Å²) in [6.45, 7) is 1.27. The van der Waals surface area contributed by atoms with Crippen LogP contribution in [0, 0.1) is 5.82 Å². The van der Waals surface area contributed by atoms with Crippen LogP contribution < -0.4 is 5.32 Å². The molecule has 0 aliphatic carbocycles. The van der Waals surface area contributed by atoms with Crippen LogP contribution in [-0.2, 0) is 19.1 Å². The number of hydrogen-bond donors (Lipinski definition) is 1. The van der Waals surface area contributed by atoms with E-state index in [0.717, 1.165) is 0 Å². The van der Waals surface area contributed by atoms with Crippen molar-refractivity contribution in [3.63, 3.8) is 0 Å². The van der Waals surface area contributed by atoms with Crippen molar-refractivity contribution in [1.29, 1.82) is 0 Å². The number of ketones is 1. The van der Waals surface area contributed by atoms with Crippen molar-refractivity contribution in [2.24, 2.45) is 0 Å². The number of anilines is 1. The smallest absolute Gasteiger partial charge is 0.348 e. The second-order valence-electron chi connectivity index (χ2n) is 6.41. The van der Waals surface area contributed by atoms with Gasteiger partial charge in [0.2, 0.25) is 17.6 Å². The number of Topliss-reactive ketones (excluding diaryl/α,β-unsaturated/α-hetero) is 1. The van der Waals surface area contributed by atoms with Crippen LogP contribution in [0.5, 0.6) is 0 Å². The molecule has 0 saturated heterocycles. The Balaban J connectivity index is 1.49. The third-order valence-electron chi connectivity index (χ3n) is 4.25. The summed E-state index contributed by atoms with van der Waals surface area (Å²) in [5.41, 5.74) is 0.954. The Hall–Kier alpha value is -4.01. The van der Waals surface area contributed by atoms with Gasteiger partial charge in [0.1, 0.15) is 5.82 Å². The molecule has 1 aliphatic rings. The fourth-order valence-corrected chi connectivity index (χ4v) is 2.74. The molecular weight excluding hydrogens is 393 g/mol. The lowest BCUT2D eigenvalue weighted by atomic mass is 10.2. The highest BCUT2D eigenvalue weighted by atomic mass is 19.1. The number of aromatic nitrogens is 2. The zero-order chi connectivity index (χ0) is 21.1. The van der Waals surface area contributed by atoms with Gasteiger partial charge in [-0.15, -0.1) is 10.2 Å². The summed E-state index contributed by atoms with van der Waals surface area (Å²) in [7, 11) is 0. The Kier molecular flexibility index (Phi) is 5.25. The minimum absolute atomic E-state index is 0.0286. The summed E-state index contributed by atoms with van der Waals surface area (Å²) in [5, 5.41) is 10.6. The lowest BCUT2D eigenvalue weighted by Gasteiger charge is -2.11. The third-order valence-corrected chi connectivity index (χ3v) is 4.25. The van der Waals surface area contributed by atoms with Crippen LogP contribution in [-0.4, -0.2) is 28.6 Å². The summed E-state index contributed by atoms with van der Waals surface area (Å²) in [6, 6.07) is 14.5. The molecule has 2 heterocycles. The van der Waals surface area contributed by atoms with Gasteiger partial charge in [0, 0.05) is 11.3 Å². The average molecular weight is 409 g/mol. The van der Waals surface area contributed by atoms with E-state index in [0.29, 0.717) is 11.3 Å². The van der Waals surface area contributed by atoms with Gasteiger partial charge in [-0.25, -0.2) is 9.18 Å². The van der Waals surface area contributed by atoms with Crippen molar-refractivity contribution in [3.8, 4) is 11.5 Å². The van der Waals surface area contributed by atoms with E-state index in [1.165, 1.54) is 31.2 Å². The molecule has 1 atom stereocenters. The van der Waals surface area contributed by atoms with Crippen LogP contribution in [0.4, 0.5) is 10.1 Å². The van der Waals surface area contributed by atoms with Crippen LogP contribution in [0.3, 0.4) is 0 Å². The number of hydrogen-bond acceptors (Lipinski definition) is 8. The van der Waals surface area contributed by atoms with E-state index in [9.17, 15) is 14.0 Å². The molecule has 8 nitrogen and oxygen atoms in total. The number of benzene rings is 2. The van der Waals surface area contributed by atoms with Crippen molar-refractivity contribution in [2.45, 2.75) is 13.0 Å². The molecule has 3 aromatic rings. The van der Waals surface area contributed by atoms with E-state index >= 15 is 0 Å². The maximum Gasteiger partial charge on any atom is 0.348 e. The first-order valence-electron chi connectivity index (χ1n) is 9.04. The van der Waals surface area contributed by atoms with Crippen molar-refractivity contribution >= 4 is 17.4 Å². The number of rotatable bonds is 6.